The topological polar surface area (TPSA) is 83.7 Å². The van der Waals surface area contributed by atoms with Gasteiger partial charge in [0.2, 0.25) is 5.91 Å². The molecule has 1 aromatic rings. The normalized spacial score (nSPS) is 23.2. The maximum Gasteiger partial charge on any atom is 0.236 e. The van der Waals surface area contributed by atoms with Crippen LogP contribution in [0.4, 0.5) is 0 Å². The number of aliphatic hydroxyl groups is 1. The van der Waals surface area contributed by atoms with Gasteiger partial charge in [-0.2, -0.15) is 0 Å². The van der Waals surface area contributed by atoms with Gasteiger partial charge >= 0.3 is 0 Å². The molecule has 8 heteroatoms. The number of piperidine rings is 1. The quantitative estimate of drug-likeness (QED) is 0.792. The average molecular weight is 323 g/mol. The van der Waals surface area contributed by atoms with E-state index in [1.165, 1.54) is 0 Å². The van der Waals surface area contributed by atoms with Crippen molar-refractivity contribution in [1.82, 2.24) is 24.6 Å². The number of hydrogen-bond donors (Lipinski definition) is 1. The molecule has 23 heavy (non-hydrogen) atoms. The fraction of sp³-hybridized carbons (Fsp3) is 0.800. The smallest absolute Gasteiger partial charge is 0.236 e. The van der Waals surface area contributed by atoms with Gasteiger partial charge in [0.05, 0.1) is 19.8 Å². The molecule has 0 spiro atoms. The minimum absolute atomic E-state index is 0.102. The van der Waals surface area contributed by atoms with Gasteiger partial charge in [0.1, 0.15) is 12.4 Å². The summed E-state index contributed by atoms with van der Waals surface area (Å²) in [5.74, 6) is 1.93. The Balaban J connectivity index is 1.59. The largest absolute Gasteiger partial charge is 0.388 e. The molecular weight excluding hydrogens is 298 g/mol. The van der Waals surface area contributed by atoms with Crippen molar-refractivity contribution in [3.8, 4) is 0 Å². The molecule has 0 radical (unpaired) electrons. The Morgan fingerprint density at radius 3 is 2.78 bits per heavy atom. The van der Waals surface area contributed by atoms with Crippen molar-refractivity contribution in [3.63, 3.8) is 0 Å². The number of likely N-dealkylation sites (tertiary alicyclic amines) is 1. The zero-order valence-corrected chi connectivity index (χ0v) is 13.6. The molecule has 1 aromatic heterocycles. The van der Waals surface area contributed by atoms with Crippen LogP contribution in [-0.4, -0.2) is 81.5 Å². The fourth-order valence-corrected chi connectivity index (χ4v) is 3.38. The summed E-state index contributed by atoms with van der Waals surface area (Å²) in [6.45, 7) is 4.77. The van der Waals surface area contributed by atoms with Crippen LogP contribution in [0.3, 0.4) is 0 Å². The van der Waals surface area contributed by atoms with Crippen molar-refractivity contribution in [2.24, 2.45) is 7.05 Å². The van der Waals surface area contributed by atoms with E-state index in [1.807, 2.05) is 16.5 Å². The van der Waals surface area contributed by atoms with Crippen LogP contribution in [0, 0.1) is 0 Å². The average Bonchev–Trinajstić information content (AvgIpc) is 2.96. The highest BCUT2D eigenvalue weighted by Gasteiger charge is 2.28. The van der Waals surface area contributed by atoms with Gasteiger partial charge in [-0.25, -0.2) is 0 Å². The molecule has 1 amide bonds. The van der Waals surface area contributed by atoms with Gasteiger partial charge in [-0.15, -0.1) is 10.2 Å². The Morgan fingerprint density at radius 1 is 1.30 bits per heavy atom. The highest BCUT2D eigenvalue weighted by molar-refractivity contribution is 5.78. The van der Waals surface area contributed by atoms with Gasteiger partial charge in [-0.05, 0) is 19.4 Å². The lowest BCUT2D eigenvalue weighted by Gasteiger charge is -2.34. The maximum atomic E-state index is 12.4. The van der Waals surface area contributed by atoms with Crippen molar-refractivity contribution in [2.45, 2.75) is 25.4 Å². The predicted octanol–water partition coefficient (Wildman–Crippen LogP) is -0.654. The molecule has 128 valence electrons. The van der Waals surface area contributed by atoms with E-state index in [2.05, 4.69) is 15.1 Å². The zero-order valence-electron chi connectivity index (χ0n) is 13.6. The van der Waals surface area contributed by atoms with E-state index in [0.29, 0.717) is 38.7 Å². The Kier molecular flexibility index (Phi) is 5.24. The van der Waals surface area contributed by atoms with Gasteiger partial charge in [-0.3, -0.25) is 9.69 Å². The first kappa shape index (κ1) is 16.4. The summed E-state index contributed by atoms with van der Waals surface area (Å²) in [6.07, 6.45) is 2.09. The van der Waals surface area contributed by atoms with E-state index in [4.69, 9.17) is 4.74 Å². The molecule has 0 saturated carbocycles. The summed E-state index contributed by atoms with van der Waals surface area (Å²) in [5, 5.41) is 17.5. The molecule has 1 N–H and O–H groups in total. The zero-order chi connectivity index (χ0) is 16.2. The van der Waals surface area contributed by atoms with E-state index < -0.39 is 0 Å². The van der Waals surface area contributed by atoms with Crippen LogP contribution in [0.25, 0.3) is 0 Å². The molecule has 2 fully saturated rings. The first-order valence-electron chi connectivity index (χ1n) is 8.26. The van der Waals surface area contributed by atoms with Crippen LogP contribution >= 0.6 is 0 Å². The summed E-state index contributed by atoms with van der Waals surface area (Å²) >= 11 is 0. The van der Waals surface area contributed by atoms with Crippen molar-refractivity contribution in [3.05, 3.63) is 11.6 Å². The van der Waals surface area contributed by atoms with Crippen LogP contribution in [-0.2, 0) is 23.2 Å². The van der Waals surface area contributed by atoms with E-state index in [9.17, 15) is 9.90 Å². The number of amides is 1. The molecule has 2 aliphatic rings. The number of aromatic nitrogens is 3. The number of nitrogens with zero attached hydrogens (tertiary/aromatic N) is 5. The van der Waals surface area contributed by atoms with Gasteiger partial charge in [-0.1, -0.05) is 0 Å². The Hall–Kier alpha value is -1.51. The number of rotatable bonds is 4. The second kappa shape index (κ2) is 7.37. The van der Waals surface area contributed by atoms with Crippen LogP contribution in [0.1, 0.15) is 30.4 Å². The molecule has 0 aliphatic carbocycles. The van der Waals surface area contributed by atoms with Gasteiger partial charge < -0.3 is 19.3 Å². The number of ether oxygens (including phenoxy) is 1. The van der Waals surface area contributed by atoms with Crippen LogP contribution in [0.5, 0.6) is 0 Å². The molecule has 0 bridgehead atoms. The van der Waals surface area contributed by atoms with Crippen LogP contribution in [0.2, 0.25) is 0 Å². The molecule has 2 saturated heterocycles. The minimum atomic E-state index is -0.102. The fourth-order valence-electron chi connectivity index (χ4n) is 3.38. The first-order chi connectivity index (χ1) is 11.2. The lowest BCUT2D eigenvalue weighted by atomic mass is 9.97. The van der Waals surface area contributed by atoms with Crippen molar-refractivity contribution in [1.29, 1.82) is 0 Å². The Labute approximate surface area is 136 Å². The summed E-state index contributed by atoms with van der Waals surface area (Å²) in [6, 6.07) is 0. The van der Waals surface area contributed by atoms with E-state index in [1.54, 1.807) is 0 Å². The predicted molar refractivity (Wildman–Crippen MR) is 82.7 cm³/mol. The molecule has 2 aliphatic heterocycles. The lowest BCUT2D eigenvalue weighted by Crippen LogP contribution is -2.47. The molecule has 3 heterocycles. The Morgan fingerprint density at radius 2 is 2.09 bits per heavy atom. The van der Waals surface area contributed by atoms with E-state index >= 15 is 0 Å². The standard InChI is InChI=1S/C15H25N5O3/c1-18-13(11-21)16-17-15(18)12-3-2-4-19(9-12)10-14(22)20-5-7-23-8-6-20/h12,21H,2-11H2,1H3/t12-/m1/s1. The van der Waals surface area contributed by atoms with Crippen molar-refractivity contribution >= 4 is 5.91 Å². The molecule has 8 nitrogen and oxygen atoms in total. The van der Waals surface area contributed by atoms with Crippen LogP contribution in [0.15, 0.2) is 0 Å². The molecular formula is C15H25N5O3. The number of carbonyl (C=O) groups is 1. The third-order valence-corrected chi connectivity index (χ3v) is 4.73. The third-order valence-electron chi connectivity index (χ3n) is 4.73. The number of carbonyl (C=O) groups excluding carboxylic acids is 1. The Bertz CT molecular complexity index is 541. The third kappa shape index (κ3) is 3.70. The molecule has 3 rings (SSSR count). The summed E-state index contributed by atoms with van der Waals surface area (Å²) < 4.78 is 7.17. The highest BCUT2D eigenvalue weighted by Crippen LogP contribution is 2.25. The summed E-state index contributed by atoms with van der Waals surface area (Å²) in [5.41, 5.74) is 0. The number of hydrogen-bond acceptors (Lipinski definition) is 6. The van der Waals surface area contributed by atoms with Crippen LogP contribution < -0.4 is 0 Å². The SMILES string of the molecule is Cn1c(CO)nnc1[C@@H]1CCCN(CC(=O)N2CCOCC2)C1. The number of aliphatic hydroxyl groups excluding tert-OH is 1. The molecule has 0 aromatic carbocycles. The minimum Gasteiger partial charge on any atom is -0.388 e. The van der Waals surface area contributed by atoms with Crippen molar-refractivity contribution in [2.75, 3.05) is 45.9 Å². The monoisotopic (exact) mass is 323 g/mol. The van der Waals surface area contributed by atoms with E-state index in [-0.39, 0.29) is 18.4 Å². The van der Waals surface area contributed by atoms with Gasteiger partial charge in [0.25, 0.3) is 0 Å². The summed E-state index contributed by atoms with van der Waals surface area (Å²) in [4.78, 5) is 16.5. The molecule has 0 unspecified atom stereocenters. The first-order valence-corrected chi connectivity index (χ1v) is 8.26. The second-order valence-corrected chi connectivity index (χ2v) is 6.26. The van der Waals surface area contributed by atoms with E-state index in [0.717, 1.165) is 31.8 Å². The maximum absolute atomic E-state index is 12.4. The summed E-state index contributed by atoms with van der Waals surface area (Å²) in [7, 11) is 1.89. The molecule has 1 atom stereocenters. The lowest BCUT2D eigenvalue weighted by molar-refractivity contribution is -0.136. The highest BCUT2D eigenvalue weighted by atomic mass is 16.5. The second-order valence-electron chi connectivity index (χ2n) is 6.26. The van der Waals surface area contributed by atoms with Gasteiger partial charge in [0.15, 0.2) is 5.82 Å². The number of morpholine rings is 1. The van der Waals surface area contributed by atoms with Gasteiger partial charge in [0, 0.05) is 32.6 Å². The van der Waals surface area contributed by atoms with Crippen molar-refractivity contribution < 1.29 is 14.6 Å².